The average molecular weight is 353 g/mol. The monoisotopic (exact) mass is 353 g/mol. The standard InChI is InChI=1S/C21H23NO4/c1-3-26-19(23)18-14-22(15(2)16-10-6-4-7-11-16)20(24)21(18,25)17-12-8-5-9-13-17/h4-13,15,18,25H,3,14H2,1-2H3/t15-,18+,21+/m1/s1. The molecule has 5 nitrogen and oxygen atoms in total. The molecule has 26 heavy (non-hydrogen) atoms. The van der Waals surface area contributed by atoms with Crippen LogP contribution in [-0.2, 0) is 19.9 Å². The molecule has 0 bridgehead atoms. The van der Waals surface area contributed by atoms with Crippen LogP contribution in [0.3, 0.4) is 0 Å². The highest BCUT2D eigenvalue weighted by atomic mass is 16.5. The van der Waals surface area contributed by atoms with Crippen molar-refractivity contribution in [1.82, 2.24) is 4.90 Å². The summed E-state index contributed by atoms with van der Waals surface area (Å²) in [6.07, 6.45) is 0. The van der Waals surface area contributed by atoms with Gasteiger partial charge in [-0.25, -0.2) is 0 Å². The van der Waals surface area contributed by atoms with Crippen LogP contribution in [0, 0.1) is 5.92 Å². The molecule has 136 valence electrons. The molecule has 1 aliphatic heterocycles. The third-order valence-corrected chi connectivity index (χ3v) is 5.00. The summed E-state index contributed by atoms with van der Waals surface area (Å²) in [5.74, 6) is -2.00. The normalized spacial score (nSPS) is 23.7. The summed E-state index contributed by atoms with van der Waals surface area (Å²) in [4.78, 5) is 27.3. The van der Waals surface area contributed by atoms with Gasteiger partial charge in [-0.1, -0.05) is 60.7 Å². The van der Waals surface area contributed by atoms with Gasteiger partial charge in [0.05, 0.1) is 12.6 Å². The van der Waals surface area contributed by atoms with Gasteiger partial charge in [-0.15, -0.1) is 0 Å². The van der Waals surface area contributed by atoms with Gasteiger partial charge >= 0.3 is 5.97 Å². The molecule has 0 radical (unpaired) electrons. The van der Waals surface area contributed by atoms with E-state index in [0.29, 0.717) is 5.56 Å². The van der Waals surface area contributed by atoms with Crippen molar-refractivity contribution in [3.05, 3.63) is 71.8 Å². The Morgan fingerprint density at radius 3 is 2.35 bits per heavy atom. The lowest BCUT2D eigenvalue weighted by Gasteiger charge is -2.28. The van der Waals surface area contributed by atoms with E-state index in [0.717, 1.165) is 5.56 Å². The van der Waals surface area contributed by atoms with E-state index in [9.17, 15) is 14.7 Å². The second kappa shape index (κ2) is 7.30. The van der Waals surface area contributed by atoms with Crippen molar-refractivity contribution >= 4 is 11.9 Å². The maximum absolute atomic E-state index is 13.2. The van der Waals surface area contributed by atoms with Crippen molar-refractivity contribution < 1.29 is 19.4 Å². The molecule has 1 amide bonds. The number of benzene rings is 2. The summed E-state index contributed by atoms with van der Waals surface area (Å²) in [6, 6.07) is 17.9. The number of nitrogens with zero attached hydrogens (tertiary/aromatic N) is 1. The van der Waals surface area contributed by atoms with Crippen LogP contribution in [0.2, 0.25) is 0 Å². The molecule has 1 saturated heterocycles. The fourth-order valence-electron chi connectivity index (χ4n) is 3.53. The number of esters is 1. The number of likely N-dealkylation sites (tertiary alicyclic amines) is 1. The minimum Gasteiger partial charge on any atom is -0.466 e. The Hall–Kier alpha value is -2.66. The fourth-order valence-corrected chi connectivity index (χ4v) is 3.53. The molecule has 0 saturated carbocycles. The lowest BCUT2D eigenvalue weighted by Crippen LogP contribution is -2.43. The van der Waals surface area contributed by atoms with Crippen LogP contribution in [0.4, 0.5) is 0 Å². The maximum atomic E-state index is 13.2. The summed E-state index contributed by atoms with van der Waals surface area (Å²) >= 11 is 0. The molecule has 0 spiro atoms. The minimum atomic E-state index is -1.92. The number of amides is 1. The van der Waals surface area contributed by atoms with Gasteiger partial charge in [0, 0.05) is 6.54 Å². The highest BCUT2D eigenvalue weighted by molar-refractivity contribution is 5.95. The minimum absolute atomic E-state index is 0.110. The van der Waals surface area contributed by atoms with E-state index in [1.165, 1.54) is 0 Å². The van der Waals surface area contributed by atoms with Gasteiger partial charge in [0.15, 0.2) is 5.60 Å². The van der Waals surface area contributed by atoms with Gasteiger partial charge in [-0.3, -0.25) is 9.59 Å². The van der Waals surface area contributed by atoms with Crippen molar-refractivity contribution in [1.29, 1.82) is 0 Å². The first-order chi connectivity index (χ1) is 12.5. The largest absolute Gasteiger partial charge is 0.466 e. The van der Waals surface area contributed by atoms with Crippen LogP contribution in [0.15, 0.2) is 60.7 Å². The van der Waals surface area contributed by atoms with E-state index in [4.69, 9.17) is 4.74 Å². The molecule has 1 fully saturated rings. The lowest BCUT2D eigenvalue weighted by molar-refractivity contribution is -0.162. The first kappa shape index (κ1) is 18.1. The number of hydrogen-bond acceptors (Lipinski definition) is 4. The Labute approximate surface area is 153 Å². The van der Waals surface area contributed by atoms with Gasteiger partial charge in [0.2, 0.25) is 0 Å². The van der Waals surface area contributed by atoms with Gasteiger partial charge < -0.3 is 14.7 Å². The number of aliphatic hydroxyl groups is 1. The molecule has 0 aliphatic carbocycles. The highest BCUT2D eigenvalue weighted by Crippen LogP contribution is 2.42. The predicted octanol–water partition coefficient (Wildman–Crippen LogP) is 2.66. The van der Waals surface area contributed by atoms with E-state index in [1.54, 1.807) is 42.2 Å². The van der Waals surface area contributed by atoms with Crippen molar-refractivity contribution in [2.75, 3.05) is 13.2 Å². The topological polar surface area (TPSA) is 66.8 Å². The molecule has 0 aromatic heterocycles. The molecule has 1 aliphatic rings. The zero-order chi connectivity index (χ0) is 18.7. The molecule has 1 N–H and O–H groups in total. The maximum Gasteiger partial charge on any atom is 0.314 e. The fraction of sp³-hybridized carbons (Fsp3) is 0.333. The van der Waals surface area contributed by atoms with Crippen molar-refractivity contribution in [3.63, 3.8) is 0 Å². The van der Waals surface area contributed by atoms with Crippen LogP contribution in [0.1, 0.15) is 31.0 Å². The molecule has 2 aromatic rings. The predicted molar refractivity (Wildman–Crippen MR) is 97.0 cm³/mol. The SMILES string of the molecule is CCOC(=O)[C@@H]1CN([C@H](C)c2ccccc2)C(=O)[C@]1(O)c1ccccc1. The number of carbonyl (C=O) groups excluding carboxylic acids is 2. The third kappa shape index (κ3) is 2.99. The summed E-state index contributed by atoms with van der Waals surface area (Å²) < 4.78 is 5.15. The smallest absolute Gasteiger partial charge is 0.314 e. The van der Waals surface area contributed by atoms with Crippen molar-refractivity contribution in [2.24, 2.45) is 5.92 Å². The summed E-state index contributed by atoms with van der Waals surface area (Å²) in [7, 11) is 0. The summed E-state index contributed by atoms with van der Waals surface area (Å²) in [5, 5.41) is 11.4. The summed E-state index contributed by atoms with van der Waals surface area (Å²) in [6.45, 7) is 3.91. The first-order valence-electron chi connectivity index (χ1n) is 8.80. The Bertz CT molecular complexity index is 777. The van der Waals surface area contributed by atoms with E-state index in [1.807, 2.05) is 37.3 Å². The van der Waals surface area contributed by atoms with Crippen LogP contribution >= 0.6 is 0 Å². The number of hydrogen-bond donors (Lipinski definition) is 1. The molecular weight excluding hydrogens is 330 g/mol. The highest BCUT2D eigenvalue weighted by Gasteiger charge is 2.58. The molecular formula is C21H23NO4. The first-order valence-corrected chi connectivity index (χ1v) is 8.80. The van der Waals surface area contributed by atoms with E-state index >= 15 is 0 Å². The molecule has 5 heteroatoms. The molecule has 3 atom stereocenters. The molecule has 3 rings (SSSR count). The van der Waals surface area contributed by atoms with Gasteiger partial charge in [0.1, 0.15) is 5.92 Å². The Kier molecular flexibility index (Phi) is 5.09. The van der Waals surface area contributed by atoms with Crippen molar-refractivity contribution in [3.8, 4) is 0 Å². The Morgan fingerprint density at radius 1 is 1.19 bits per heavy atom. The van der Waals surface area contributed by atoms with Gasteiger partial charge in [0.25, 0.3) is 5.91 Å². The number of carbonyl (C=O) groups is 2. The Balaban J connectivity index is 2.01. The number of rotatable bonds is 5. The zero-order valence-electron chi connectivity index (χ0n) is 15.0. The van der Waals surface area contributed by atoms with Crippen molar-refractivity contribution in [2.45, 2.75) is 25.5 Å². The number of ether oxygens (including phenoxy) is 1. The van der Waals surface area contributed by atoms with Crippen LogP contribution in [-0.4, -0.2) is 35.0 Å². The molecule has 0 unspecified atom stereocenters. The van der Waals surface area contributed by atoms with E-state index in [2.05, 4.69) is 0 Å². The average Bonchev–Trinajstić information content (AvgIpc) is 2.95. The van der Waals surface area contributed by atoms with Crippen LogP contribution < -0.4 is 0 Å². The van der Waals surface area contributed by atoms with Crippen LogP contribution in [0.25, 0.3) is 0 Å². The van der Waals surface area contributed by atoms with E-state index in [-0.39, 0.29) is 19.2 Å². The third-order valence-electron chi connectivity index (χ3n) is 5.00. The second-order valence-electron chi connectivity index (χ2n) is 6.48. The molecule has 1 heterocycles. The van der Waals surface area contributed by atoms with Gasteiger partial charge in [-0.05, 0) is 25.0 Å². The van der Waals surface area contributed by atoms with E-state index < -0.39 is 23.4 Å². The molecule has 2 aromatic carbocycles. The second-order valence-corrected chi connectivity index (χ2v) is 6.48. The quantitative estimate of drug-likeness (QED) is 0.839. The van der Waals surface area contributed by atoms with Crippen LogP contribution in [0.5, 0.6) is 0 Å². The lowest BCUT2D eigenvalue weighted by atomic mass is 9.83. The Morgan fingerprint density at radius 2 is 1.77 bits per heavy atom. The van der Waals surface area contributed by atoms with Gasteiger partial charge in [-0.2, -0.15) is 0 Å². The zero-order valence-corrected chi connectivity index (χ0v) is 15.0. The summed E-state index contributed by atoms with van der Waals surface area (Å²) in [5.41, 5.74) is -0.567.